The maximum atomic E-state index is 11.9. The fourth-order valence-corrected chi connectivity index (χ4v) is 1.85. The molecule has 1 aliphatic carbocycles. The molecule has 0 radical (unpaired) electrons. The van der Waals surface area contributed by atoms with Crippen molar-refractivity contribution in [3.8, 4) is 0 Å². The number of carbonyl (C=O) groups excluding carboxylic acids is 1. The summed E-state index contributed by atoms with van der Waals surface area (Å²) < 4.78 is 6.29. The van der Waals surface area contributed by atoms with Crippen LogP contribution in [0.3, 0.4) is 0 Å². The lowest BCUT2D eigenvalue weighted by Crippen LogP contribution is -2.23. The predicted molar refractivity (Wildman–Crippen MR) is 67.3 cm³/mol. The summed E-state index contributed by atoms with van der Waals surface area (Å²) in [5, 5.41) is 22.4. The number of carbonyl (C=O) groups is 2. The zero-order valence-corrected chi connectivity index (χ0v) is 11.0. The molecule has 1 fully saturated rings. The molecule has 0 bridgehead atoms. The lowest BCUT2D eigenvalue weighted by molar-refractivity contribution is -0.137. The second-order valence-electron chi connectivity index (χ2n) is 4.87. The average molecular weight is 291 g/mol. The van der Waals surface area contributed by atoms with E-state index in [0.29, 0.717) is 11.6 Å². The summed E-state index contributed by atoms with van der Waals surface area (Å²) in [5.41, 5.74) is 0.699. The number of aliphatic carboxylic acids is 1. The van der Waals surface area contributed by atoms with Crippen LogP contribution < -0.4 is 5.32 Å². The van der Waals surface area contributed by atoms with Crippen LogP contribution in [0.5, 0.6) is 0 Å². The van der Waals surface area contributed by atoms with Gasteiger partial charge in [-0.3, -0.25) is 9.59 Å². The molecule has 1 amide bonds. The average Bonchev–Trinajstić information content (AvgIpc) is 3.00. The number of nitrogens with zero attached hydrogens (tertiary/aromatic N) is 4. The fourth-order valence-electron chi connectivity index (χ4n) is 1.85. The van der Waals surface area contributed by atoms with Crippen LogP contribution in [0.1, 0.15) is 40.7 Å². The van der Waals surface area contributed by atoms with Crippen molar-refractivity contribution in [1.29, 1.82) is 0 Å². The third-order valence-electron chi connectivity index (χ3n) is 3.05. The van der Waals surface area contributed by atoms with Crippen molar-refractivity contribution in [2.75, 3.05) is 0 Å². The van der Waals surface area contributed by atoms with Crippen LogP contribution in [0, 0.1) is 0 Å². The summed E-state index contributed by atoms with van der Waals surface area (Å²) in [5.74, 6) is -0.230. The Balaban J connectivity index is 1.54. The number of hydrogen-bond donors (Lipinski definition) is 2. The molecule has 2 aromatic heterocycles. The van der Waals surface area contributed by atoms with Crippen LogP contribution in [0.25, 0.3) is 0 Å². The molecule has 3 rings (SSSR count). The van der Waals surface area contributed by atoms with E-state index in [-0.39, 0.29) is 24.7 Å². The highest BCUT2D eigenvalue weighted by molar-refractivity contribution is 5.92. The van der Waals surface area contributed by atoms with Gasteiger partial charge in [0.05, 0.1) is 12.7 Å². The Morgan fingerprint density at radius 2 is 2.29 bits per heavy atom. The topological polar surface area (TPSA) is 123 Å². The molecule has 0 spiro atoms. The highest BCUT2D eigenvalue weighted by atomic mass is 16.5. The van der Waals surface area contributed by atoms with Gasteiger partial charge in [0.2, 0.25) is 0 Å². The van der Waals surface area contributed by atoms with Crippen LogP contribution in [-0.2, 0) is 17.9 Å². The first kappa shape index (κ1) is 13.3. The lowest BCUT2D eigenvalue weighted by Gasteiger charge is -1.98. The molecule has 1 aliphatic rings. The van der Waals surface area contributed by atoms with Gasteiger partial charge in [-0.15, -0.1) is 5.10 Å². The van der Waals surface area contributed by atoms with E-state index in [0.717, 1.165) is 18.6 Å². The van der Waals surface area contributed by atoms with Crippen molar-refractivity contribution in [3.05, 3.63) is 29.4 Å². The Morgan fingerprint density at radius 3 is 3.00 bits per heavy atom. The second-order valence-corrected chi connectivity index (χ2v) is 4.87. The molecule has 0 aromatic carbocycles. The highest BCUT2D eigenvalue weighted by Gasteiger charge is 2.28. The summed E-state index contributed by atoms with van der Waals surface area (Å²) in [6.45, 7) is -0.126. The van der Waals surface area contributed by atoms with E-state index in [1.807, 2.05) is 0 Å². The Bertz CT molecular complexity index is 673. The van der Waals surface area contributed by atoms with Gasteiger partial charge in [0.25, 0.3) is 5.91 Å². The van der Waals surface area contributed by atoms with E-state index >= 15 is 0 Å². The summed E-state index contributed by atoms with van der Waals surface area (Å²) in [6.07, 6.45) is 3.61. The van der Waals surface area contributed by atoms with Gasteiger partial charge in [0.1, 0.15) is 18.0 Å². The van der Waals surface area contributed by atoms with Gasteiger partial charge < -0.3 is 14.9 Å². The Hall–Kier alpha value is -2.71. The number of nitrogens with one attached hydrogen (secondary N) is 1. The SMILES string of the molecule is O=C(O)Cn1cc(CNC(=O)c2cc(C3CC3)on2)nn1. The molecule has 2 aromatic rings. The summed E-state index contributed by atoms with van der Waals surface area (Å²) in [4.78, 5) is 22.4. The Labute approximate surface area is 118 Å². The molecular weight excluding hydrogens is 278 g/mol. The molecule has 2 heterocycles. The van der Waals surface area contributed by atoms with Crippen molar-refractivity contribution in [2.45, 2.75) is 31.8 Å². The van der Waals surface area contributed by atoms with Gasteiger partial charge in [0, 0.05) is 12.0 Å². The van der Waals surface area contributed by atoms with Gasteiger partial charge in [-0.1, -0.05) is 10.4 Å². The number of carboxylic acid groups (broad SMARTS) is 1. The van der Waals surface area contributed by atoms with Crippen molar-refractivity contribution in [2.24, 2.45) is 0 Å². The molecule has 0 saturated heterocycles. The molecule has 1 saturated carbocycles. The molecule has 0 unspecified atom stereocenters. The first-order valence-corrected chi connectivity index (χ1v) is 6.47. The monoisotopic (exact) mass is 291 g/mol. The van der Waals surface area contributed by atoms with E-state index in [9.17, 15) is 9.59 Å². The van der Waals surface area contributed by atoms with Crippen LogP contribution in [0.2, 0.25) is 0 Å². The number of aromatic nitrogens is 4. The van der Waals surface area contributed by atoms with E-state index in [4.69, 9.17) is 9.63 Å². The number of rotatable bonds is 6. The maximum Gasteiger partial charge on any atom is 0.325 e. The summed E-state index contributed by atoms with van der Waals surface area (Å²) >= 11 is 0. The third-order valence-corrected chi connectivity index (χ3v) is 3.05. The third kappa shape index (κ3) is 3.25. The summed E-state index contributed by atoms with van der Waals surface area (Å²) in [7, 11) is 0. The van der Waals surface area contributed by atoms with Crippen molar-refractivity contribution < 1.29 is 19.2 Å². The van der Waals surface area contributed by atoms with Gasteiger partial charge in [-0.05, 0) is 12.8 Å². The standard InChI is InChI=1S/C12H13N5O4/c18-11(19)6-17-5-8(14-16-17)4-13-12(20)9-3-10(21-15-9)7-1-2-7/h3,5,7H,1-2,4,6H2,(H,13,20)(H,18,19). The molecule has 9 nitrogen and oxygen atoms in total. The fraction of sp³-hybridized carbons (Fsp3) is 0.417. The molecule has 0 atom stereocenters. The Morgan fingerprint density at radius 1 is 1.48 bits per heavy atom. The molecule has 2 N–H and O–H groups in total. The number of carboxylic acids is 1. The quantitative estimate of drug-likeness (QED) is 0.776. The van der Waals surface area contributed by atoms with Gasteiger partial charge in [-0.2, -0.15) is 0 Å². The van der Waals surface area contributed by atoms with Crippen LogP contribution in [0.4, 0.5) is 0 Å². The van der Waals surface area contributed by atoms with Crippen LogP contribution >= 0.6 is 0 Å². The molecule has 9 heteroatoms. The van der Waals surface area contributed by atoms with E-state index < -0.39 is 5.97 Å². The molecule has 0 aliphatic heterocycles. The summed E-state index contributed by atoms with van der Waals surface area (Å²) in [6, 6.07) is 1.65. The van der Waals surface area contributed by atoms with E-state index in [1.54, 1.807) is 6.07 Å². The molecular formula is C12H13N5O4. The minimum atomic E-state index is -1.01. The molecule has 21 heavy (non-hydrogen) atoms. The lowest BCUT2D eigenvalue weighted by atomic mass is 10.3. The highest BCUT2D eigenvalue weighted by Crippen LogP contribution is 2.40. The van der Waals surface area contributed by atoms with Crippen molar-refractivity contribution in [1.82, 2.24) is 25.5 Å². The predicted octanol–water partition coefficient (Wildman–Crippen LogP) is 0.158. The van der Waals surface area contributed by atoms with Gasteiger partial charge in [0.15, 0.2) is 5.69 Å². The van der Waals surface area contributed by atoms with E-state index in [1.165, 1.54) is 10.9 Å². The first-order valence-electron chi connectivity index (χ1n) is 6.47. The number of hydrogen-bond acceptors (Lipinski definition) is 6. The number of amides is 1. The Kier molecular flexibility index (Phi) is 3.38. The van der Waals surface area contributed by atoms with Gasteiger partial charge in [-0.25, -0.2) is 4.68 Å². The second kappa shape index (κ2) is 5.35. The minimum absolute atomic E-state index is 0.143. The van der Waals surface area contributed by atoms with Crippen molar-refractivity contribution in [3.63, 3.8) is 0 Å². The zero-order chi connectivity index (χ0) is 14.8. The normalized spacial score (nSPS) is 14.1. The first-order chi connectivity index (χ1) is 10.1. The van der Waals surface area contributed by atoms with E-state index in [2.05, 4.69) is 20.8 Å². The van der Waals surface area contributed by atoms with Crippen molar-refractivity contribution >= 4 is 11.9 Å². The largest absolute Gasteiger partial charge is 0.480 e. The minimum Gasteiger partial charge on any atom is -0.480 e. The molecule has 110 valence electrons. The maximum absolute atomic E-state index is 11.9. The van der Waals surface area contributed by atoms with Crippen LogP contribution in [0.15, 0.2) is 16.8 Å². The van der Waals surface area contributed by atoms with Gasteiger partial charge >= 0.3 is 5.97 Å². The zero-order valence-electron chi connectivity index (χ0n) is 11.0. The smallest absolute Gasteiger partial charge is 0.325 e. The van der Waals surface area contributed by atoms with Crippen LogP contribution in [-0.4, -0.2) is 37.1 Å².